The van der Waals surface area contributed by atoms with Crippen molar-refractivity contribution in [1.82, 2.24) is 9.97 Å². The van der Waals surface area contributed by atoms with Gasteiger partial charge in [0.25, 0.3) is 0 Å². The van der Waals surface area contributed by atoms with Crippen LogP contribution >= 0.6 is 0 Å². The quantitative estimate of drug-likeness (QED) is 0.870. The maximum atomic E-state index is 12.6. The Morgan fingerprint density at radius 2 is 2.06 bits per heavy atom. The summed E-state index contributed by atoms with van der Waals surface area (Å²) in [4.78, 5) is 17.7. The van der Waals surface area contributed by atoms with Gasteiger partial charge in [-0.25, -0.2) is 14.8 Å². The Hall–Kier alpha value is -1.66. The van der Waals surface area contributed by atoms with Gasteiger partial charge in [-0.05, 0) is 12.8 Å². The Morgan fingerprint density at radius 1 is 1.41 bits per heavy atom. The molecule has 1 aliphatic carbocycles. The lowest BCUT2D eigenvalue weighted by Gasteiger charge is -2.24. The van der Waals surface area contributed by atoms with Crippen LogP contribution in [-0.2, 0) is 6.18 Å². The maximum absolute atomic E-state index is 12.6. The van der Waals surface area contributed by atoms with E-state index in [9.17, 15) is 18.0 Å². The summed E-state index contributed by atoms with van der Waals surface area (Å²) < 4.78 is 37.9. The molecule has 1 heterocycles. The van der Waals surface area contributed by atoms with Crippen LogP contribution in [0.15, 0.2) is 6.20 Å². The molecule has 0 atom stereocenters. The average molecular weight is 246 g/mol. The third-order valence-corrected chi connectivity index (χ3v) is 2.78. The predicted octanol–water partition coefficient (Wildman–Crippen LogP) is 2.46. The van der Waals surface area contributed by atoms with Crippen LogP contribution in [0, 0.1) is 0 Å². The van der Waals surface area contributed by atoms with Crippen LogP contribution < -0.4 is 0 Å². The van der Waals surface area contributed by atoms with Gasteiger partial charge in [0.05, 0.1) is 0 Å². The largest absolute Gasteiger partial charge is 0.478 e. The number of carboxylic acids is 1. The number of hydrogen-bond donors (Lipinski definition) is 1. The molecule has 0 radical (unpaired) electrons. The summed E-state index contributed by atoms with van der Waals surface area (Å²) >= 11 is 0. The van der Waals surface area contributed by atoms with E-state index >= 15 is 0 Å². The Labute approximate surface area is 94.5 Å². The molecular weight excluding hydrogens is 237 g/mol. The maximum Gasteiger partial charge on any atom is 0.434 e. The number of rotatable bonds is 2. The van der Waals surface area contributed by atoms with E-state index in [0.717, 1.165) is 25.5 Å². The van der Waals surface area contributed by atoms with Gasteiger partial charge in [-0.15, -0.1) is 0 Å². The van der Waals surface area contributed by atoms with Crippen molar-refractivity contribution in [3.63, 3.8) is 0 Å². The van der Waals surface area contributed by atoms with Crippen molar-refractivity contribution >= 4 is 5.97 Å². The number of alkyl halides is 3. The molecule has 7 heteroatoms. The summed E-state index contributed by atoms with van der Waals surface area (Å²) in [6, 6.07) is 0. The van der Waals surface area contributed by atoms with Gasteiger partial charge in [0.1, 0.15) is 11.4 Å². The van der Waals surface area contributed by atoms with E-state index in [1.54, 1.807) is 0 Å². The van der Waals surface area contributed by atoms with E-state index in [0.29, 0.717) is 0 Å². The molecule has 92 valence electrons. The summed E-state index contributed by atoms with van der Waals surface area (Å²) in [5.41, 5.74) is -2.26. The lowest BCUT2D eigenvalue weighted by molar-refractivity contribution is -0.142. The molecule has 0 aromatic carbocycles. The van der Waals surface area contributed by atoms with Gasteiger partial charge in [-0.2, -0.15) is 13.2 Å². The van der Waals surface area contributed by atoms with Crippen LogP contribution in [0.2, 0.25) is 0 Å². The van der Waals surface area contributed by atoms with Gasteiger partial charge >= 0.3 is 12.1 Å². The molecule has 17 heavy (non-hydrogen) atoms. The molecule has 1 saturated carbocycles. The van der Waals surface area contributed by atoms with Crippen molar-refractivity contribution < 1.29 is 23.1 Å². The zero-order chi connectivity index (χ0) is 12.6. The highest BCUT2D eigenvalue weighted by molar-refractivity contribution is 5.88. The van der Waals surface area contributed by atoms with Crippen LogP contribution in [-0.4, -0.2) is 21.0 Å². The van der Waals surface area contributed by atoms with Gasteiger partial charge < -0.3 is 5.11 Å². The lowest BCUT2D eigenvalue weighted by Crippen LogP contribution is -2.20. The molecule has 0 saturated heterocycles. The van der Waals surface area contributed by atoms with Gasteiger partial charge in [0, 0.05) is 12.1 Å². The number of halogens is 3. The molecule has 1 aliphatic rings. The monoisotopic (exact) mass is 246 g/mol. The third-order valence-electron chi connectivity index (χ3n) is 2.78. The van der Waals surface area contributed by atoms with Crippen molar-refractivity contribution in [3.8, 4) is 0 Å². The van der Waals surface area contributed by atoms with Crippen molar-refractivity contribution in [2.24, 2.45) is 0 Å². The fourth-order valence-electron chi connectivity index (χ4n) is 1.63. The van der Waals surface area contributed by atoms with Crippen molar-refractivity contribution in [2.75, 3.05) is 0 Å². The first-order chi connectivity index (χ1) is 7.89. The second kappa shape index (κ2) is 3.97. The smallest absolute Gasteiger partial charge is 0.434 e. The SMILES string of the molecule is O=C(O)c1cnc(C2CCC2)nc1C(F)(F)F. The molecule has 1 fully saturated rings. The highest BCUT2D eigenvalue weighted by Gasteiger charge is 2.39. The molecule has 0 bridgehead atoms. The van der Waals surface area contributed by atoms with Crippen molar-refractivity contribution in [3.05, 3.63) is 23.3 Å². The second-order valence-electron chi connectivity index (χ2n) is 3.92. The van der Waals surface area contributed by atoms with Gasteiger partial charge in [0.2, 0.25) is 0 Å². The van der Waals surface area contributed by atoms with Crippen LogP contribution in [0.4, 0.5) is 13.2 Å². The predicted molar refractivity (Wildman–Crippen MR) is 50.6 cm³/mol. The molecular formula is C10H9F3N2O2. The first-order valence-corrected chi connectivity index (χ1v) is 5.07. The number of aromatic carboxylic acids is 1. The fourth-order valence-corrected chi connectivity index (χ4v) is 1.63. The number of carbonyl (C=O) groups is 1. The average Bonchev–Trinajstić information content (AvgIpc) is 2.13. The summed E-state index contributed by atoms with van der Waals surface area (Å²) in [5, 5.41) is 8.65. The molecule has 0 unspecified atom stereocenters. The Morgan fingerprint density at radius 3 is 2.47 bits per heavy atom. The molecule has 0 amide bonds. The van der Waals surface area contributed by atoms with E-state index in [-0.39, 0.29) is 11.7 Å². The second-order valence-corrected chi connectivity index (χ2v) is 3.92. The van der Waals surface area contributed by atoms with E-state index in [4.69, 9.17) is 5.11 Å². The zero-order valence-electron chi connectivity index (χ0n) is 8.66. The van der Waals surface area contributed by atoms with E-state index in [1.165, 1.54) is 0 Å². The first-order valence-electron chi connectivity index (χ1n) is 5.07. The highest BCUT2D eigenvalue weighted by atomic mass is 19.4. The molecule has 0 spiro atoms. The lowest BCUT2D eigenvalue weighted by atomic mass is 9.85. The van der Waals surface area contributed by atoms with Crippen LogP contribution in [0.25, 0.3) is 0 Å². The summed E-state index contributed by atoms with van der Waals surface area (Å²) in [6.07, 6.45) is -1.58. The summed E-state index contributed by atoms with van der Waals surface area (Å²) in [6.45, 7) is 0. The van der Waals surface area contributed by atoms with E-state index in [1.807, 2.05) is 0 Å². The van der Waals surface area contributed by atoms with Crippen LogP contribution in [0.1, 0.15) is 47.1 Å². The highest BCUT2D eigenvalue weighted by Crippen LogP contribution is 2.36. The minimum Gasteiger partial charge on any atom is -0.478 e. The topological polar surface area (TPSA) is 63.1 Å². The molecule has 2 rings (SSSR count). The first kappa shape index (κ1) is 11.8. The molecule has 0 aliphatic heterocycles. The number of aromatic nitrogens is 2. The van der Waals surface area contributed by atoms with E-state index in [2.05, 4.69) is 9.97 Å². The van der Waals surface area contributed by atoms with Crippen LogP contribution in [0.3, 0.4) is 0 Å². The Kier molecular flexibility index (Phi) is 2.76. The zero-order valence-corrected chi connectivity index (χ0v) is 8.66. The standard InChI is InChI=1S/C10H9F3N2O2/c11-10(12,13)7-6(9(16)17)4-14-8(15-7)5-2-1-3-5/h4-5H,1-3H2,(H,16,17). The number of nitrogens with zero attached hydrogens (tertiary/aromatic N) is 2. The Bertz CT molecular complexity index is 455. The normalized spacial score (nSPS) is 16.6. The fraction of sp³-hybridized carbons (Fsp3) is 0.500. The molecule has 1 N–H and O–H groups in total. The van der Waals surface area contributed by atoms with Gasteiger partial charge in [-0.3, -0.25) is 0 Å². The Balaban J connectivity index is 2.46. The van der Waals surface area contributed by atoms with Crippen molar-refractivity contribution in [2.45, 2.75) is 31.4 Å². The number of hydrogen-bond acceptors (Lipinski definition) is 3. The van der Waals surface area contributed by atoms with Gasteiger partial charge in [0.15, 0.2) is 5.69 Å². The van der Waals surface area contributed by atoms with Gasteiger partial charge in [-0.1, -0.05) is 6.42 Å². The number of carboxylic acid groups (broad SMARTS) is 1. The summed E-state index contributed by atoms with van der Waals surface area (Å²) in [5.74, 6) is -1.65. The molecule has 1 aromatic rings. The van der Waals surface area contributed by atoms with E-state index < -0.39 is 23.4 Å². The molecule has 1 aromatic heterocycles. The molecule has 4 nitrogen and oxygen atoms in total. The summed E-state index contributed by atoms with van der Waals surface area (Å²) in [7, 11) is 0. The van der Waals surface area contributed by atoms with Crippen LogP contribution in [0.5, 0.6) is 0 Å². The van der Waals surface area contributed by atoms with Crippen molar-refractivity contribution in [1.29, 1.82) is 0 Å². The minimum atomic E-state index is -4.77. The minimum absolute atomic E-state index is 0.0704. The third kappa shape index (κ3) is 2.22.